The molecule has 84 valence electrons. The van der Waals surface area contributed by atoms with Crippen molar-refractivity contribution in [1.82, 2.24) is 15.0 Å². The van der Waals surface area contributed by atoms with Crippen LogP contribution in [0.1, 0.15) is 38.5 Å². The Morgan fingerprint density at radius 2 is 2.07 bits per heavy atom. The van der Waals surface area contributed by atoms with Crippen molar-refractivity contribution < 1.29 is 4.52 Å². The molecule has 15 heavy (non-hydrogen) atoms. The van der Waals surface area contributed by atoms with Gasteiger partial charge in [-0.15, -0.1) is 0 Å². The first kappa shape index (κ1) is 11.1. The Morgan fingerprint density at radius 3 is 2.53 bits per heavy atom. The van der Waals surface area contributed by atoms with Crippen LogP contribution in [0.5, 0.6) is 0 Å². The standard InChI is InChI=1S/C10H16BrN3O/c1-7(2)14-5-3-8(4-6-14)9-12-10(11)13-15-9/h7-8H,3-6H2,1-2H3. The fourth-order valence-electron chi connectivity index (χ4n) is 2.04. The van der Waals surface area contributed by atoms with Gasteiger partial charge >= 0.3 is 0 Å². The number of aromatic nitrogens is 2. The highest BCUT2D eigenvalue weighted by Gasteiger charge is 2.25. The van der Waals surface area contributed by atoms with Crippen molar-refractivity contribution in [1.29, 1.82) is 0 Å². The van der Waals surface area contributed by atoms with Crippen LogP contribution in [0.4, 0.5) is 0 Å². The van der Waals surface area contributed by atoms with Gasteiger partial charge in [0.2, 0.25) is 10.6 Å². The van der Waals surface area contributed by atoms with E-state index in [9.17, 15) is 0 Å². The molecule has 1 aromatic heterocycles. The normalized spacial score (nSPS) is 20.0. The van der Waals surface area contributed by atoms with Gasteiger partial charge in [0, 0.05) is 12.0 Å². The third kappa shape index (κ3) is 2.58. The van der Waals surface area contributed by atoms with E-state index in [-0.39, 0.29) is 0 Å². The first-order chi connectivity index (χ1) is 7.16. The van der Waals surface area contributed by atoms with Crippen LogP contribution in [0.25, 0.3) is 0 Å². The molecule has 4 nitrogen and oxygen atoms in total. The highest BCUT2D eigenvalue weighted by Crippen LogP contribution is 2.27. The molecule has 0 saturated carbocycles. The molecule has 0 N–H and O–H groups in total. The Morgan fingerprint density at radius 1 is 1.40 bits per heavy atom. The van der Waals surface area contributed by atoms with Crippen molar-refractivity contribution in [2.24, 2.45) is 0 Å². The zero-order valence-electron chi connectivity index (χ0n) is 9.11. The molecule has 1 fully saturated rings. The van der Waals surface area contributed by atoms with Crippen LogP contribution in [0, 0.1) is 0 Å². The van der Waals surface area contributed by atoms with E-state index >= 15 is 0 Å². The largest absolute Gasteiger partial charge is 0.338 e. The van der Waals surface area contributed by atoms with Crippen molar-refractivity contribution in [3.63, 3.8) is 0 Å². The molecule has 1 aliphatic heterocycles. The first-order valence-electron chi connectivity index (χ1n) is 5.40. The lowest BCUT2D eigenvalue weighted by Gasteiger charge is -2.33. The zero-order valence-corrected chi connectivity index (χ0v) is 10.7. The van der Waals surface area contributed by atoms with Gasteiger partial charge in [-0.1, -0.05) is 0 Å². The van der Waals surface area contributed by atoms with Crippen LogP contribution in [-0.4, -0.2) is 34.2 Å². The third-order valence-corrected chi connectivity index (χ3v) is 3.35. The Bertz CT molecular complexity index is 318. The summed E-state index contributed by atoms with van der Waals surface area (Å²) in [6.07, 6.45) is 2.24. The van der Waals surface area contributed by atoms with E-state index in [1.807, 2.05) is 0 Å². The maximum atomic E-state index is 5.17. The minimum absolute atomic E-state index is 0.443. The predicted molar refractivity (Wildman–Crippen MR) is 60.7 cm³/mol. The van der Waals surface area contributed by atoms with E-state index in [1.54, 1.807) is 0 Å². The van der Waals surface area contributed by atoms with Gasteiger partial charge in [0.25, 0.3) is 0 Å². The minimum atomic E-state index is 0.443. The fraction of sp³-hybridized carbons (Fsp3) is 0.800. The second-order valence-electron chi connectivity index (χ2n) is 4.31. The Hall–Kier alpha value is -0.420. The summed E-state index contributed by atoms with van der Waals surface area (Å²) < 4.78 is 5.73. The molecule has 0 bridgehead atoms. The number of hydrogen-bond donors (Lipinski definition) is 0. The second-order valence-corrected chi connectivity index (χ2v) is 5.01. The van der Waals surface area contributed by atoms with Gasteiger partial charge in [-0.3, -0.25) is 0 Å². The van der Waals surface area contributed by atoms with Gasteiger partial charge in [-0.25, -0.2) is 0 Å². The minimum Gasteiger partial charge on any atom is -0.338 e. The summed E-state index contributed by atoms with van der Waals surface area (Å²) >= 11 is 3.21. The van der Waals surface area contributed by atoms with Crippen molar-refractivity contribution in [2.45, 2.75) is 38.6 Å². The molecule has 0 radical (unpaired) electrons. The van der Waals surface area contributed by atoms with Crippen molar-refractivity contribution >= 4 is 15.9 Å². The molecule has 1 aliphatic rings. The lowest BCUT2D eigenvalue weighted by atomic mass is 9.96. The van der Waals surface area contributed by atoms with Gasteiger partial charge in [-0.2, -0.15) is 4.98 Å². The SMILES string of the molecule is CC(C)N1CCC(c2nc(Br)no2)CC1. The zero-order chi connectivity index (χ0) is 10.8. The van der Waals surface area contributed by atoms with Crippen LogP contribution >= 0.6 is 15.9 Å². The summed E-state index contributed by atoms with van der Waals surface area (Å²) in [4.78, 5) is 6.71. The highest BCUT2D eigenvalue weighted by molar-refractivity contribution is 9.10. The quantitative estimate of drug-likeness (QED) is 0.830. The highest BCUT2D eigenvalue weighted by atomic mass is 79.9. The van der Waals surface area contributed by atoms with Crippen LogP contribution < -0.4 is 0 Å². The van der Waals surface area contributed by atoms with Gasteiger partial charge in [0.05, 0.1) is 0 Å². The van der Waals surface area contributed by atoms with E-state index in [1.165, 1.54) is 0 Å². The summed E-state index contributed by atoms with van der Waals surface area (Å²) in [6, 6.07) is 0.639. The van der Waals surface area contributed by atoms with Crippen molar-refractivity contribution in [3.8, 4) is 0 Å². The molecule has 2 heterocycles. The van der Waals surface area contributed by atoms with Crippen LogP contribution in [-0.2, 0) is 0 Å². The summed E-state index contributed by atoms with van der Waals surface area (Å²) in [5.74, 6) is 1.23. The molecule has 0 amide bonds. The number of piperidine rings is 1. The maximum Gasteiger partial charge on any atom is 0.238 e. The number of rotatable bonds is 2. The Kier molecular flexibility index (Phi) is 3.41. The Labute approximate surface area is 98.2 Å². The van der Waals surface area contributed by atoms with E-state index < -0.39 is 0 Å². The van der Waals surface area contributed by atoms with E-state index in [0.29, 0.717) is 16.7 Å². The number of halogens is 1. The average molecular weight is 274 g/mol. The van der Waals surface area contributed by atoms with Crippen LogP contribution in [0.2, 0.25) is 0 Å². The molecule has 1 aromatic rings. The second kappa shape index (κ2) is 4.61. The van der Waals surface area contributed by atoms with Gasteiger partial charge in [-0.05, 0) is 60.9 Å². The van der Waals surface area contributed by atoms with Gasteiger partial charge in [0.1, 0.15) is 0 Å². The van der Waals surface area contributed by atoms with E-state index in [0.717, 1.165) is 31.8 Å². The predicted octanol–water partition coefficient (Wildman–Crippen LogP) is 2.42. The third-order valence-electron chi connectivity index (χ3n) is 3.03. The summed E-state index contributed by atoms with van der Waals surface area (Å²) in [6.45, 7) is 6.73. The van der Waals surface area contributed by atoms with Crippen molar-refractivity contribution in [2.75, 3.05) is 13.1 Å². The van der Waals surface area contributed by atoms with Crippen molar-refractivity contribution in [3.05, 3.63) is 10.6 Å². The summed E-state index contributed by atoms with van der Waals surface area (Å²) in [5.41, 5.74) is 0. The lowest BCUT2D eigenvalue weighted by molar-refractivity contribution is 0.160. The van der Waals surface area contributed by atoms with Crippen LogP contribution in [0.3, 0.4) is 0 Å². The molecule has 5 heteroatoms. The fourth-order valence-corrected chi connectivity index (χ4v) is 2.29. The van der Waals surface area contributed by atoms with Gasteiger partial charge < -0.3 is 9.42 Å². The average Bonchev–Trinajstić information content (AvgIpc) is 2.65. The topological polar surface area (TPSA) is 42.2 Å². The first-order valence-corrected chi connectivity index (χ1v) is 6.19. The molecular formula is C10H16BrN3O. The molecular weight excluding hydrogens is 258 g/mol. The maximum absolute atomic E-state index is 5.17. The smallest absolute Gasteiger partial charge is 0.238 e. The number of nitrogens with zero attached hydrogens (tertiary/aromatic N) is 3. The molecule has 0 atom stereocenters. The van der Waals surface area contributed by atoms with Gasteiger partial charge in [0.15, 0.2) is 0 Å². The Balaban J connectivity index is 1.93. The van der Waals surface area contributed by atoms with E-state index in [2.05, 4.69) is 44.8 Å². The lowest BCUT2D eigenvalue weighted by Crippen LogP contribution is -2.37. The number of likely N-dealkylation sites (tertiary alicyclic amines) is 1. The monoisotopic (exact) mass is 273 g/mol. The molecule has 1 saturated heterocycles. The molecule has 0 aliphatic carbocycles. The summed E-state index contributed by atoms with van der Waals surface area (Å²) in [7, 11) is 0. The summed E-state index contributed by atoms with van der Waals surface area (Å²) in [5, 5.41) is 3.76. The molecule has 2 rings (SSSR count). The molecule has 0 unspecified atom stereocenters. The van der Waals surface area contributed by atoms with Crippen LogP contribution in [0.15, 0.2) is 9.26 Å². The molecule has 0 aromatic carbocycles. The number of hydrogen-bond acceptors (Lipinski definition) is 4. The van der Waals surface area contributed by atoms with E-state index in [4.69, 9.17) is 4.52 Å². The molecule has 0 spiro atoms.